The molecule has 0 radical (unpaired) electrons. The average Bonchev–Trinajstić information content (AvgIpc) is 2.41. The predicted octanol–water partition coefficient (Wildman–Crippen LogP) is 3.02. The van der Waals surface area contributed by atoms with Gasteiger partial charge in [0.25, 0.3) is 0 Å². The van der Waals surface area contributed by atoms with E-state index in [1.54, 1.807) is 20.8 Å². The zero-order valence-electron chi connectivity index (χ0n) is 13.1. The molecule has 1 atom stereocenters. The second-order valence-corrected chi connectivity index (χ2v) is 6.05. The van der Waals surface area contributed by atoms with E-state index in [1.165, 1.54) is 0 Å². The van der Waals surface area contributed by atoms with Crippen molar-refractivity contribution in [2.45, 2.75) is 45.3 Å². The maximum atomic E-state index is 13.7. The summed E-state index contributed by atoms with van der Waals surface area (Å²) in [5, 5.41) is 19.2. The minimum Gasteiger partial charge on any atom is -0.442 e. The fourth-order valence-electron chi connectivity index (χ4n) is 1.89. The number of nitrogens with zero attached hydrogens (tertiary/aromatic N) is 1. The Balaban J connectivity index is 2.94. The molecule has 1 unspecified atom stereocenters. The number of hydrogen-bond donors (Lipinski definition) is 2. The molecule has 0 aliphatic carbocycles. The minimum atomic E-state index is -1.34. The van der Waals surface area contributed by atoms with Crippen molar-refractivity contribution in [2.24, 2.45) is 0 Å². The van der Waals surface area contributed by atoms with Crippen LogP contribution in [0.4, 0.5) is 18.0 Å². The molecule has 0 aromatic heterocycles. The molecule has 130 valence electrons. The highest BCUT2D eigenvalue weighted by Gasteiger charge is 2.28. The van der Waals surface area contributed by atoms with Crippen molar-refractivity contribution in [2.75, 3.05) is 6.61 Å². The van der Waals surface area contributed by atoms with Gasteiger partial charge in [-0.05, 0) is 45.2 Å². The molecular weight excluding hydrogens is 315 g/mol. The number of rotatable bonds is 5. The number of aliphatic hydroxyl groups excluding tert-OH is 1. The molecule has 0 saturated carbocycles. The first-order valence-corrected chi connectivity index (χ1v) is 7.00. The highest BCUT2D eigenvalue weighted by molar-refractivity contribution is 5.67. The van der Waals surface area contributed by atoms with Crippen molar-refractivity contribution in [3.05, 3.63) is 35.1 Å². The number of hydroxylamine groups is 2. The van der Waals surface area contributed by atoms with Crippen LogP contribution < -0.4 is 0 Å². The normalized spacial score (nSPS) is 12.9. The summed E-state index contributed by atoms with van der Waals surface area (Å²) in [6.45, 7) is 4.37. The third-order valence-electron chi connectivity index (χ3n) is 2.93. The zero-order valence-corrected chi connectivity index (χ0v) is 13.1. The third kappa shape index (κ3) is 5.72. The molecule has 1 aromatic carbocycles. The molecule has 0 heterocycles. The monoisotopic (exact) mass is 335 g/mol. The molecule has 8 heteroatoms. The second kappa shape index (κ2) is 7.65. The number of ether oxygens (including phenoxy) is 1. The molecule has 1 amide bonds. The first-order chi connectivity index (χ1) is 10.5. The summed E-state index contributed by atoms with van der Waals surface area (Å²) in [5.74, 6) is -3.59. The number of hydrogen-bond acceptors (Lipinski definition) is 4. The average molecular weight is 335 g/mol. The van der Waals surface area contributed by atoms with Gasteiger partial charge in [0.15, 0.2) is 11.6 Å². The largest absolute Gasteiger partial charge is 0.442 e. The van der Waals surface area contributed by atoms with E-state index in [-0.39, 0.29) is 23.5 Å². The number of amides is 1. The summed E-state index contributed by atoms with van der Waals surface area (Å²) in [6.07, 6.45) is -1.51. The van der Waals surface area contributed by atoms with Crippen LogP contribution in [0.5, 0.6) is 0 Å². The first-order valence-electron chi connectivity index (χ1n) is 7.00. The highest BCUT2D eigenvalue weighted by Crippen LogP contribution is 2.19. The molecule has 0 aliphatic heterocycles. The van der Waals surface area contributed by atoms with Crippen molar-refractivity contribution >= 4 is 6.09 Å². The standard InChI is InChI=1S/C15H20F3NO4/c1-15(2,3)23-14(21)19(22)10(4-5-20)6-9-7-12(17)13(18)8-11(9)16/h7-8,10,20,22H,4-6H2,1-3H3. The summed E-state index contributed by atoms with van der Waals surface area (Å²) in [7, 11) is 0. The SMILES string of the molecule is CC(C)(C)OC(=O)N(O)C(CCO)Cc1cc(F)c(F)cc1F. The van der Waals surface area contributed by atoms with Crippen molar-refractivity contribution in [3.8, 4) is 0 Å². The van der Waals surface area contributed by atoms with Gasteiger partial charge in [-0.3, -0.25) is 5.21 Å². The van der Waals surface area contributed by atoms with Crippen molar-refractivity contribution in [3.63, 3.8) is 0 Å². The summed E-state index contributed by atoms with van der Waals surface area (Å²) in [5.41, 5.74) is -1.10. The zero-order chi connectivity index (χ0) is 17.8. The van der Waals surface area contributed by atoms with Gasteiger partial charge in [0.2, 0.25) is 0 Å². The van der Waals surface area contributed by atoms with E-state index >= 15 is 0 Å². The summed E-state index contributed by atoms with van der Waals surface area (Å²) in [4.78, 5) is 11.8. The quantitative estimate of drug-likeness (QED) is 0.493. The van der Waals surface area contributed by atoms with Gasteiger partial charge < -0.3 is 9.84 Å². The lowest BCUT2D eigenvalue weighted by Gasteiger charge is -2.28. The lowest BCUT2D eigenvalue weighted by Crippen LogP contribution is -2.42. The maximum absolute atomic E-state index is 13.7. The Morgan fingerprint density at radius 3 is 2.30 bits per heavy atom. The lowest BCUT2D eigenvalue weighted by molar-refractivity contribution is -0.123. The van der Waals surface area contributed by atoms with Gasteiger partial charge in [-0.15, -0.1) is 0 Å². The Morgan fingerprint density at radius 1 is 1.22 bits per heavy atom. The molecule has 0 fully saturated rings. The molecular formula is C15H20F3NO4. The number of halogens is 3. The molecule has 0 spiro atoms. The van der Waals surface area contributed by atoms with Crippen LogP contribution in [0.15, 0.2) is 12.1 Å². The maximum Gasteiger partial charge on any atom is 0.434 e. The smallest absolute Gasteiger partial charge is 0.434 e. The number of aliphatic hydroxyl groups is 1. The molecule has 0 bridgehead atoms. The lowest BCUT2D eigenvalue weighted by atomic mass is 10.0. The van der Waals surface area contributed by atoms with Gasteiger partial charge in [0.05, 0.1) is 6.04 Å². The van der Waals surface area contributed by atoms with Crippen LogP contribution in [-0.2, 0) is 11.2 Å². The van der Waals surface area contributed by atoms with Gasteiger partial charge in [-0.1, -0.05) is 0 Å². The molecule has 1 rings (SSSR count). The van der Waals surface area contributed by atoms with E-state index in [0.29, 0.717) is 12.1 Å². The fourth-order valence-corrected chi connectivity index (χ4v) is 1.89. The Bertz CT molecular complexity index is 560. The Labute approximate surface area is 132 Å². The van der Waals surface area contributed by atoms with Crippen LogP contribution in [-0.4, -0.2) is 39.7 Å². The van der Waals surface area contributed by atoms with E-state index in [4.69, 9.17) is 9.84 Å². The Kier molecular flexibility index (Phi) is 6.40. The van der Waals surface area contributed by atoms with Crippen LogP contribution in [0, 0.1) is 17.5 Å². The Hall–Kier alpha value is -1.80. The number of carbonyl (C=O) groups excluding carboxylic acids is 1. The van der Waals surface area contributed by atoms with Gasteiger partial charge in [0.1, 0.15) is 11.4 Å². The van der Waals surface area contributed by atoms with E-state index in [9.17, 15) is 23.2 Å². The van der Waals surface area contributed by atoms with Crippen LogP contribution >= 0.6 is 0 Å². The van der Waals surface area contributed by atoms with Crippen LogP contribution in [0.25, 0.3) is 0 Å². The van der Waals surface area contributed by atoms with E-state index in [1.807, 2.05) is 0 Å². The van der Waals surface area contributed by atoms with E-state index in [0.717, 1.165) is 0 Å². The number of benzene rings is 1. The van der Waals surface area contributed by atoms with Crippen LogP contribution in [0.3, 0.4) is 0 Å². The predicted molar refractivity (Wildman–Crippen MR) is 75.4 cm³/mol. The molecule has 0 saturated heterocycles. The molecule has 5 nitrogen and oxygen atoms in total. The van der Waals surface area contributed by atoms with Crippen LogP contribution in [0.2, 0.25) is 0 Å². The van der Waals surface area contributed by atoms with Gasteiger partial charge >= 0.3 is 6.09 Å². The van der Waals surface area contributed by atoms with Crippen LogP contribution in [0.1, 0.15) is 32.8 Å². The highest BCUT2D eigenvalue weighted by atomic mass is 19.2. The molecule has 23 heavy (non-hydrogen) atoms. The summed E-state index contributed by atoms with van der Waals surface area (Å²) < 4.78 is 44.8. The van der Waals surface area contributed by atoms with Gasteiger partial charge in [-0.2, -0.15) is 5.06 Å². The van der Waals surface area contributed by atoms with Gasteiger partial charge in [0, 0.05) is 12.7 Å². The number of carbonyl (C=O) groups is 1. The Morgan fingerprint density at radius 2 is 1.78 bits per heavy atom. The first kappa shape index (κ1) is 19.2. The molecule has 1 aromatic rings. The van der Waals surface area contributed by atoms with Gasteiger partial charge in [-0.25, -0.2) is 18.0 Å². The summed E-state index contributed by atoms with van der Waals surface area (Å²) in [6, 6.07) is -0.0254. The fraction of sp³-hybridized carbons (Fsp3) is 0.533. The topological polar surface area (TPSA) is 70.0 Å². The van der Waals surface area contributed by atoms with Crippen molar-refractivity contribution in [1.29, 1.82) is 0 Å². The van der Waals surface area contributed by atoms with Crippen molar-refractivity contribution in [1.82, 2.24) is 5.06 Å². The third-order valence-corrected chi connectivity index (χ3v) is 2.93. The van der Waals surface area contributed by atoms with E-state index in [2.05, 4.69) is 0 Å². The molecule has 2 N–H and O–H groups in total. The summed E-state index contributed by atoms with van der Waals surface area (Å²) >= 11 is 0. The van der Waals surface area contributed by atoms with Crippen molar-refractivity contribution < 1.29 is 33.0 Å². The molecule has 0 aliphatic rings. The van der Waals surface area contributed by atoms with E-state index < -0.39 is 41.8 Å². The second-order valence-electron chi connectivity index (χ2n) is 6.05. The minimum absolute atomic E-state index is 0.103.